The first-order valence-corrected chi connectivity index (χ1v) is 12.8. The maximum absolute atomic E-state index is 11.8. The average molecular weight is 552 g/mol. The maximum atomic E-state index is 11.8. The van der Waals surface area contributed by atoms with Crippen LogP contribution in [0.25, 0.3) is 0 Å². The van der Waals surface area contributed by atoms with Crippen LogP contribution in [-0.2, 0) is 25.7 Å². The monoisotopic (exact) mass is 551 g/mol. The highest BCUT2D eigenvalue weighted by atomic mass is 16.4. The van der Waals surface area contributed by atoms with Crippen molar-refractivity contribution in [2.24, 2.45) is 0 Å². The molecule has 0 unspecified atom stereocenters. The molecule has 0 atom stereocenters. The van der Waals surface area contributed by atoms with E-state index in [0.717, 1.165) is 5.56 Å². The van der Waals surface area contributed by atoms with Gasteiger partial charge in [-0.3, -0.25) is 38.8 Å². The predicted octanol–water partition coefficient (Wildman–Crippen LogP) is -0.383. The number of carbonyl (C=O) groups excluding carboxylic acids is 2. The highest BCUT2D eigenvalue weighted by molar-refractivity contribution is 5.95. The van der Waals surface area contributed by atoms with E-state index in [-0.39, 0.29) is 25.4 Å². The molecule has 0 aromatic heterocycles. The van der Waals surface area contributed by atoms with Crippen molar-refractivity contribution < 1.29 is 39.3 Å². The number of hydrogen-bond donors (Lipinski definition) is 4. The Labute approximate surface area is 229 Å². The van der Waals surface area contributed by atoms with Gasteiger partial charge in [0.05, 0.1) is 19.6 Å². The molecule has 13 nitrogen and oxygen atoms in total. The fourth-order valence-electron chi connectivity index (χ4n) is 4.16. The Morgan fingerprint density at radius 3 is 1.38 bits per heavy atom. The summed E-state index contributed by atoms with van der Waals surface area (Å²) in [7, 11) is 0. The van der Waals surface area contributed by atoms with Gasteiger partial charge in [0.1, 0.15) is 6.79 Å². The molecule has 1 aromatic carbocycles. The molecule has 4 N–H and O–H groups in total. The number of nitrogens with zero attached hydrogens (tertiary/aromatic N) is 4. The van der Waals surface area contributed by atoms with E-state index in [9.17, 15) is 34.5 Å². The molecule has 0 spiro atoms. The maximum Gasteiger partial charge on any atom is 0.317 e. The van der Waals surface area contributed by atoms with Gasteiger partial charge < -0.3 is 25.4 Å². The number of ketones is 1. The van der Waals surface area contributed by atoms with Crippen LogP contribution in [0.3, 0.4) is 0 Å². The number of nitrogens with one attached hydrogen (secondary N) is 1. The SMILES string of the molecule is C=O.CCC(=O)c1ccc(CNCN2CCN(CC(=O)O)CCN(CC(=O)O)CCN(CC(=O)O)CC2)cc1. The van der Waals surface area contributed by atoms with Crippen LogP contribution in [0, 0.1) is 0 Å². The molecule has 13 heteroatoms. The summed E-state index contributed by atoms with van der Waals surface area (Å²) in [6.45, 7) is 8.04. The third-order valence-electron chi connectivity index (χ3n) is 6.27. The third-order valence-corrected chi connectivity index (χ3v) is 6.27. The summed E-state index contributed by atoms with van der Waals surface area (Å²) in [6.07, 6.45) is 0.460. The van der Waals surface area contributed by atoms with Crippen molar-refractivity contribution in [2.45, 2.75) is 19.9 Å². The zero-order chi connectivity index (χ0) is 29.2. The fourth-order valence-corrected chi connectivity index (χ4v) is 4.16. The van der Waals surface area contributed by atoms with Crippen LogP contribution in [0.15, 0.2) is 24.3 Å². The summed E-state index contributed by atoms with van der Waals surface area (Å²) in [4.78, 5) is 61.3. The Kier molecular flexibility index (Phi) is 16.4. The van der Waals surface area contributed by atoms with Crippen LogP contribution < -0.4 is 5.32 Å². The predicted molar refractivity (Wildman–Crippen MR) is 144 cm³/mol. The first-order valence-electron chi connectivity index (χ1n) is 12.8. The van der Waals surface area contributed by atoms with Crippen molar-refractivity contribution >= 4 is 30.5 Å². The molecular weight excluding hydrogens is 510 g/mol. The van der Waals surface area contributed by atoms with Gasteiger partial charge in [0, 0.05) is 77.6 Å². The minimum Gasteiger partial charge on any atom is -0.480 e. The molecule has 0 bridgehead atoms. The van der Waals surface area contributed by atoms with Crippen molar-refractivity contribution in [3.63, 3.8) is 0 Å². The minimum atomic E-state index is -0.981. The van der Waals surface area contributed by atoms with Gasteiger partial charge >= 0.3 is 17.9 Å². The van der Waals surface area contributed by atoms with Gasteiger partial charge in [-0.15, -0.1) is 0 Å². The van der Waals surface area contributed by atoms with Crippen LogP contribution in [0.5, 0.6) is 0 Å². The zero-order valence-electron chi connectivity index (χ0n) is 22.6. The molecule has 1 fully saturated rings. The Balaban J connectivity index is 0.00000371. The normalized spacial score (nSPS) is 16.7. The van der Waals surface area contributed by atoms with Crippen molar-refractivity contribution in [1.82, 2.24) is 24.9 Å². The second-order valence-corrected chi connectivity index (χ2v) is 9.19. The zero-order valence-corrected chi connectivity index (χ0v) is 22.6. The van der Waals surface area contributed by atoms with E-state index in [4.69, 9.17) is 4.79 Å². The van der Waals surface area contributed by atoms with Gasteiger partial charge in [0.25, 0.3) is 0 Å². The third kappa shape index (κ3) is 14.5. The highest BCUT2D eigenvalue weighted by Gasteiger charge is 2.20. The molecule has 2 rings (SSSR count). The summed E-state index contributed by atoms with van der Waals surface area (Å²) < 4.78 is 0. The molecule has 1 aromatic rings. The van der Waals surface area contributed by atoms with Gasteiger partial charge in [-0.2, -0.15) is 0 Å². The Hall–Kier alpha value is -3.23. The number of carboxylic acid groups (broad SMARTS) is 3. The van der Waals surface area contributed by atoms with Gasteiger partial charge in [-0.05, 0) is 5.56 Å². The Bertz CT molecular complexity index is 882. The number of carboxylic acids is 3. The molecule has 218 valence electrons. The molecule has 0 amide bonds. The quantitative estimate of drug-likeness (QED) is 0.248. The number of Topliss-reactive ketones (excluding diaryl/α,β-unsaturated/α-hetero) is 1. The summed E-state index contributed by atoms with van der Waals surface area (Å²) in [6, 6.07) is 7.47. The minimum absolute atomic E-state index is 0.0988. The molecule has 0 saturated carbocycles. The average Bonchev–Trinajstić information content (AvgIpc) is 2.90. The van der Waals surface area contributed by atoms with E-state index in [1.54, 1.807) is 14.7 Å². The second-order valence-electron chi connectivity index (χ2n) is 9.19. The van der Waals surface area contributed by atoms with E-state index in [0.29, 0.717) is 77.6 Å². The van der Waals surface area contributed by atoms with Gasteiger partial charge in [0.2, 0.25) is 0 Å². The molecule has 1 saturated heterocycles. The molecule has 39 heavy (non-hydrogen) atoms. The fraction of sp³-hybridized carbons (Fsp3) is 0.577. The molecule has 1 aliphatic heterocycles. The van der Waals surface area contributed by atoms with E-state index < -0.39 is 17.9 Å². The summed E-state index contributed by atoms with van der Waals surface area (Å²) >= 11 is 0. The lowest BCUT2D eigenvalue weighted by Crippen LogP contribution is -2.49. The molecule has 0 radical (unpaired) electrons. The smallest absolute Gasteiger partial charge is 0.317 e. The lowest BCUT2D eigenvalue weighted by molar-refractivity contribution is -0.140. The van der Waals surface area contributed by atoms with Crippen LogP contribution >= 0.6 is 0 Å². The van der Waals surface area contributed by atoms with Crippen LogP contribution in [0.2, 0.25) is 0 Å². The van der Waals surface area contributed by atoms with Gasteiger partial charge in [-0.1, -0.05) is 31.2 Å². The second kappa shape index (κ2) is 18.9. The largest absolute Gasteiger partial charge is 0.480 e. The summed E-state index contributed by atoms with van der Waals surface area (Å²) in [5.74, 6) is -2.77. The number of aliphatic carboxylic acids is 3. The topological polar surface area (TPSA) is 171 Å². The highest BCUT2D eigenvalue weighted by Crippen LogP contribution is 2.07. The van der Waals surface area contributed by atoms with E-state index in [1.807, 2.05) is 38.0 Å². The van der Waals surface area contributed by atoms with E-state index >= 15 is 0 Å². The van der Waals surface area contributed by atoms with Crippen LogP contribution in [-0.4, -0.2) is 144 Å². The Morgan fingerprint density at radius 1 is 0.692 bits per heavy atom. The van der Waals surface area contributed by atoms with Crippen LogP contribution in [0.1, 0.15) is 29.3 Å². The van der Waals surface area contributed by atoms with Gasteiger partial charge in [-0.25, -0.2) is 0 Å². The van der Waals surface area contributed by atoms with Gasteiger partial charge in [0.15, 0.2) is 5.78 Å². The summed E-state index contributed by atoms with van der Waals surface area (Å²) in [5, 5.41) is 31.3. The Morgan fingerprint density at radius 2 is 1.05 bits per heavy atom. The molecule has 1 aliphatic rings. The molecule has 0 aliphatic carbocycles. The van der Waals surface area contributed by atoms with Crippen molar-refractivity contribution in [3.8, 4) is 0 Å². The first-order chi connectivity index (χ1) is 18.7. The lowest BCUT2D eigenvalue weighted by atomic mass is 10.1. The van der Waals surface area contributed by atoms with E-state index in [1.165, 1.54) is 0 Å². The van der Waals surface area contributed by atoms with Crippen molar-refractivity contribution in [3.05, 3.63) is 35.4 Å². The summed E-state index contributed by atoms with van der Waals surface area (Å²) in [5.41, 5.74) is 1.72. The lowest BCUT2D eigenvalue weighted by Gasteiger charge is -2.33. The standard InChI is InChI=1S/C25H39N5O7.CH2O/c1-2-22(31)21-5-3-20(4-6-21)15-26-19-30-13-11-28(17-24(34)35)9-7-27(16-23(32)33)8-10-29(12-14-30)18-25(36)37;1-2/h3-6,26H,2,7-19H2,1H3,(H,32,33)(H,34,35)(H,36,37);1H2. The number of hydrogen-bond acceptors (Lipinski definition) is 10. The molecular formula is C26H41N5O8. The van der Waals surface area contributed by atoms with E-state index in [2.05, 4.69) is 10.2 Å². The van der Waals surface area contributed by atoms with Crippen molar-refractivity contribution in [1.29, 1.82) is 0 Å². The number of carbonyl (C=O) groups is 5. The first kappa shape index (κ1) is 33.8. The molecule has 1 heterocycles. The number of rotatable bonds is 12. The van der Waals surface area contributed by atoms with Crippen molar-refractivity contribution in [2.75, 3.05) is 78.7 Å². The van der Waals surface area contributed by atoms with Crippen LogP contribution in [0.4, 0.5) is 0 Å². The number of benzene rings is 1.